The van der Waals surface area contributed by atoms with Crippen LogP contribution in [0.3, 0.4) is 0 Å². The summed E-state index contributed by atoms with van der Waals surface area (Å²) in [5, 5.41) is 12.7. The maximum absolute atomic E-state index is 10.8. The molecule has 16 heavy (non-hydrogen) atoms. The molecule has 0 aliphatic rings. The number of carboxylic acid groups (broad SMARTS) is 1. The van der Waals surface area contributed by atoms with Gasteiger partial charge in [-0.1, -0.05) is 0 Å². The van der Waals surface area contributed by atoms with E-state index in [1.165, 1.54) is 10.9 Å². The third kappa shape index (κ3) is 1.76. The highest BCUT2D eigenvalue weighted by molar-refractivity contribution is 9.10. The first-order valence-corrected chi connectivity index (χ1v) is 5.07. The first-order chi connectivity index (χ1) is 7.59. The number of anilines is 1. The van der Waals surface area contributed by atoms with Crippen molar-refractivity contribution in [1.82, 2.24) is 14.8 Å². The van der Waals surface area contributed by atoms with Crippen molar-refractivity contribution in [1.29, 1.82) is 0 Å². The van der Waals surface area contributed by atoms with Crippen LogP contribution >= 0.6 is 15.9 Å². The molecule has 0 spiro atoms. The van der Waals surface area contributed by atoms with Crippen LogP contribution in [0, 0.1) is 0 Å². The molecule has 82 valence electrons. The molecule has 0 bridgehead atoms. The maximum atomic E-state index is 10.8. The average molecular weight is 283 g/mol. The van der Waals surface area contributed by atoms with Gasteiger partial charge in [-0.2, -0.15) is 5.10 Å². The first-order valence-electron chi connectivity index (χ1n) is 4.28. The van der Waals surface area contributed by atoms with E-state index in [-0.39, 0.29) is 11.4 Å². The molecular formula is C9H7BrN4O2. The molecule has 7 heteroatoms. The number of carbonyl (C=O) groups is 1. The second-order valence-corrected chi connectivity index (χ2v) is 3.86. The zero-order valence-corrected chi connectivity index (χ0v) is 9.55. The molecule has 6 nitrogen and oxygen atoms in total. The molecule has 0 aliphatic carbocycles. The van der Waals surface area contributed by atoms with E-state index in [0.717, 1.165) is 0 Å². The van der Waals surface area contributed by atoms with Crippen molar-refractivity contribution in [3.63, 3.8) is 0 Å². The van der Waals surface area contributed by atoms with Crippen LogP contribution in [0.25, 0.3) is 5.69 Å². The van der Waals surface area contributed by atoms with Gasteiger partial charge in [0.15, 0.2) is 5.69 Å². The van der Waals surface area contributed by atoms with Crippen LogP contribution in [0.1, 0.15) is 10.5 Å². The van der Waals surface area contributed by atoms with Gasteiger partial charge in [0.05, 0.1) is 22.0 Å². The van der Waals surface area contributed by atoms with E-state index in [4.69, 9.17) is 10.8 Å². The summed E-state index contributed by atoms with van der Waals surface area (Å²) in [4.78, 5) is 14.7. The Bertz CT molecular complexity index is 552. The topological polar surface area (TPSA) is 94.0 Å². The van der Waals surface area contributed by atoms with E-state index in [1.54, 1.807) is 18.5 Å². The number of nitrogens with two attached hydrogens (primary N) is 1. The Morgan fingerprint density at radius 3 is 2.88 bits per heavy atom. The molecule has 0 saturated heterocycles. The minimum absolute atomic E-state index is 0.121. The second kappa shape index (κ2) is 3.93. The summed E-state index contributed by atoms with van der Waals surface area (Å²) in [6.45, 7) is 0. The van der Waals surface area contributed by atoms with Crippen LogP contribution in [-0.2, 0) is 0 Å². The molecule has 0 radical (unpaired) electrons. The number of pyridine rings is 1. The molecule has 2 aromatic heterocycles. The maximum Gasteiger partial charge on any atom is 0.358 e. The van der Waals surface area contributed by atoms with Gasteiger partial charge in [0, 0.05) is 12.4 Å². The molecule has 2 aromatic rings. The fraction of sp³-hybridized carbons (Fsp3) is 0. The molecule has 3 N–H and O–H groups in total. The normalized spacial score (nSPS) is 10.3. The lowest BCUT2D eigenvalue weighted by Crippen LogP contribution is -2.03. The van der Waals surface area contributed by atoms with Crippen molar-refractivity contribution in [3.8, 4) is 5.69 Å². The molecule has 0 aliphatic heterocycles. The van der Waals surface area contributed by atoms with Gasteiger partial charge in [-0.05, 0) is 22.0 Å². The molecule has 0 saturated carbocycles. The molecule has 2 rings (SSSR count). The van der Waals surface area contributed by atoms with Gasteiger partial charge < -0.3 is 10.8 Å². The van der Waals surface area contributed by atoms with Gasteiger partial charge >= 0.3 is 5.97 Å². The highest BCUT2D eigenvalue weighted by Gasteiger charge is 2.14. The molecule has 0 fully saturated rings. The Kier molecular flexibility index (Phi) is 2.61. The number of rotatable bonds is 2. The van der Waals surface area contributed by atoms with Crippen LogP contribution in [0.2, 0.25) is 0 Å². The van der Waals surface area contributed by atoms with E-state index in [1.807, 2.05) is 0 Å². The van der Waals surface area contributed by atoms with Gasteiger partial charge in [0.25, 0.3) is 0 Å². The lowest BCUT2D eigenvalue weighted by atomic mass is 10.4. The van der Waals surface area contributed by atoms with Gasteiger partial charge in [0.1, 0.15) is 0 Å². The largest absolute Gasteiger partial charge is 0.476 e. The van der Waals surface area contributed by atoms with Crippen molar-refractivity contribution in [2.24, 2.45) is 0 Å². The second-order valence-electron chi connectivity index (χ2n) is 3.01. The zero-order chi connectivity index (χ0) is 11.7. The summed E-state index contributed by atoms with van der Waals surface area (Å²) in [7, 11) is 0. The highest BCUT2D eigenvalue weighted by atomic mass is 79.9. The SMILES string of the molecule is Nc1cn(-c2ccncc2Br)nc1C(=O)O. The Morgan fingerprint density at radius 1 is 1.56 bits per heavy atom. The first kappa shape index (κ1) is 10.6. The van der Waals surface area contributed by atoms with Gasteiger partial charge in [-0.15, -0.1) is 0 Å². The number of nitrogens with zero attached hydrogens (tertiary/aromatic N) is 3. The Balaban J connectivity index is 2.54. The number of hydrogen-bond acceptors (Lipinski definition) is 4. The average Bonchev–Trinajstić information content (AvgIpc) is 2.61. The van der Waals surface area contributed by atoms with Crippen LogP contribution in [-0.4, -0.2) is 25.8 Å². The predicted octanol–water partition coefficient (Wildman–Crippen LogP) is 1.31. The minimum atomic E-state index is -1.15. The molecule has 0 unspecified atom stereocenters. The molecule has 0 atom stereocenters. The number of halogens is 1. The van der Waals surface area contributed by atoms with E-state index in [2.05, 4.69) is 26.0 Å². The van der Waals surface area contributed by atoms with Crippen molar-refractivity contribution in [2.45, 2.75) is 0 Å². The van der Waals surface area contributed by atoms with Crippen molar-refractivity contribution < 1.29 is 9.90 Å². The number of aromatic carboxylic acids is 1. The molecular weight excluding hydrogens is 276 g/mol. The fourth-order valence-corrected chi connectivity index (χ4v) is 1.66. The number of hydrogen-bond donors (Lipinski definition) is 2. The van der Waals surface area contributed by atoms with E-state index < -0.39 is 5.97 Å². The van der Waals surface area contributed by atoms with Crippen LogP contribution < -0.4 is 5.73 Å². The lowest BCUT2D eigenvalue weighted by molar-refractivity contribution is 0.0691. The monoisotopic (exact) mass is 282 g/mol. The predicted molar refractivity (Wildman–Crippen MR) is 60.4 cm³/mol. The summed E-state index contributed by atoms with van der Waals surface area (Å²) < 4.78 is 2.10. The van der Waals surface area contributed by atoms with Gasteiger partial charge in [-0.25, -0.2) is 9.48 Å². The molecule has 2 heterocycles. The smallest absolute Gasteiger partial charge is 0.358 e. The standard InChI is InChI=1S/C9H7BrN4O2/c10-5-3-12-2-1-7(5)14-4-6(11)8(13-14)9(15)16/h1-4H,11H2,(H,15,16). The third-order valence-corrected chi connectivity index (χ3v) is 2.55. The summed E-state index contributed by atoms with van der Waals surface area (Å²) in [6.07, 6.45) is 4.62. The number of carboxylic acids is 1. The molecule has 0 aromatic carbocycles. The number of nitrogen functional groups attached to an aromatic ring is 1. The fourth-order valence-electron chi connectivity index (χ4n) is 1.23. The highest BCUT2D eigenvalue weighted by Crippen LogP contribution is 2.20. The summed E-state index contributed by atoms with van der Waals surface area (Å²) in [6, 6.07) is 1.70. The van der Waals surface area contributed by atoms with Crippen LogP contribution in [0.15, 0.2) is 29.1 Å². The van der Waals surface area contributed by atoms with Crippen molar-refractivity contribution in [3.05, 3.63) is 34.8 Å². The van der Waals surface area contributed by atoms with Crippen LogP contribution in [0.4, 0.5) is 5.69 Å². The minimum Gasteiger partial charge on any atom is -0.476 e. The molecule has 0 amide bonds. The van der Waals surface area contributed by atoms with E-state index in [9.17, 15) is 4.79 Å². The lowest BCUT2D eigenvalue weighted by Gasteiger charge is -2.02. The Morgan fingerprint density at radius 2 is 2.31 bits per heavy atom. The Labute approximate surface area is 98.8 Å². The van der Waals surface area contributed by atoms with Crippen molar-refractivity contribution in [2.75, 3.05) is 5.73 Å². The van der Waals surface area contributed by atoms with Gasteiger partial charge in [0.2, 0.25) is 0 Å². The van der Waals surface area contributed by atoms with Crippen LogP contribution in [0.5, 0.6) is 0 Å². The Hall–Kier alpha value is -1.89. The summed E-state index contributed by atoms with van der Waals surface area (Å²) in [5.41, 5.74) is 6.17. The number of aromatic nitrogens is 3. The van der Waals surface area contributed by atoms with Crippen molar-refractivity contribution >= 4 is 27.6 Å². The van der Waals surface area contributed by atoms with Gasteiger partial charge in [-0.3, -0.25) is 4.98 Å². The van der Waals surface area contributed by atoms with E-state index >= 15 is 0 Å². The summed E-state index contributed by atoms with van der Waals surface area (Å²) >= 11 is 3.29. The summed E-state index contributed by atoms with van der Waals surface area (Å²) in [5.74, 6) is -1.15. The third-order valence-electron chi connectivity index (χ3n) is 1.94. The zero-order valence-electron chi connectivity index (χ0n) is 7.96. The van der Waals surface area contributed by atoms with E-state index in [0.29, 0.717) is 10.2 Å². The quantitative estimate of drug-likeness (QED) is 0.866.